The predicted octanol–water partition coefficient (Wildman–Crippen LogP) is 2.02. The van der Waals surface area contributed by atoms with Crippen LogP contribution >= 0.6 is 0 Å². The van der Waals surface area contributed by atoms with Gasteiger partial charge in [0.25, 0.3) is 0 Å². The molecule has 0 amide bonds. The van der Waals surface area contributed by atoms with Crippen LogP contribution in [0.1, 0.15) is 40.0 Å². The molecule has 1 aliphatic rings. The van der Waals surface area contributed by atoms with Crippen molar-refractivity contribution >= 4 is 10.0 Å². The molecule has 0 spiro atoms. The zero-order valence-electron chi connectivity index (χ0n) is 12.0. The summed E-state index contributed by atoms with van der Waals surface area (Å²) < 4.78 is 63.6. The highest BCUT2D eigenvalue weighted by molar-refractivity contribution is 7.89. The van der Waals surface area contributed by atoms with Gasteiger partial charge in [-0.2, -0.15) is 13.2 Å². The van der Waals surface area contributed by atoms with Crippen LogP contribution in [0.3, 0.4) is 0 Å². The summed E-state index contributed by atoms with van der Waals surface area (Å²) in [6, 6.07) is -1.99. The van der Waals surface area contributed by atoms with Crippen molar-refractivity contribution in [3.8, 4) is 0 Å². The maximum atomic E-state index is 12.5. The molecule has 4 nitrogen and oxygen atoms in total. The second-order valence-corrected chi connectivity index (χ2v) is 8.40. The second kappa shape index (κ2) is 6.19. The molecule has 20 heavy (non-hydrogen) atoms. The molecule has 120 valence electrons. The van der Waals surface area contributed by atoms with Crippen LogP contribution in [-0.2, 0) is 10.0 Å². The molecule has 0 aromatic heterocycles. The van der Waals surface area contributed by atoms with Crippen molar-refractivity contribution in [3.63, 3.8) is 0 Å². The molecule has 0 saturated carbocycles. The Balaban J connectivity index is 2.43. The molecular weight excluding hydrogens is 293 g/mol. The minimum absolute atomic E-state index is 0.00427. The van der Waals surface area contributed by atoms with Crippen molar-refractivity contribution in [1.29, 1.82) is 0 Å². The summed E-state index contributed by atoms with van der Waals surface area (Å²) in [4.78, 5) is 0. The highest BCUT2D eigenvalue weighted by Gasteiger charge is 2.41. The lowest BCUT2D eigenvalue weighted by Crippen LogP contribution is -2.54. The Kier molecular flexibility index (Phi) is 5.48. The van der Waals surface area contributed by atoms with Gasteiger partial charge in [-0.3, -0.25) is 0 Å². The van der Waals surface area contributed by atoms with E-state index in [1.165, 1.54) is 0 Å². The van der Waals surface area contributed by atoms with E-state index in [9.17, 15) is 21.6 Å². The summed E-state index contributed by atoms with van der Waals surface area (Å²) in [6.45, 7) is 5.84. The second-order valence-electron chi connectivity index (χ2n) is 6.52. The minimum atomic E-state index is -4.27. The van der Waals surface area contributed by atoms with E-state index in [4.69, 9.17) is 0 Å². The van der Waals surface area contributed by atoms with E-state index in [0.29, 0.717) is 6.42 Å². The van der Waals surface area contributed by atoms with Crippen LogP contribution in [0.2, 0.25) is 0 Å². The molecule has 1 rings (SSSR count). The fraction of sp³-hybridized carbons (Fsp3) is 1.00. The Morgan fingerprint density at radius 3 is 2.20 bits per heavy atom. The summed E-state index contributed by atoms with van der Waals surface area (Å²) in [7, 11) is -3.44. The SMILES string of the molecule is CC(C)(C)CCS(=O)(=O)NC1CCC(C(F)(F)F)NC1. The van der Waals surface area contributed by atoms with Crippen LogP contribution in [0.4, 0.5) is 13.2 Å². The van der Waals surface area contributed by atoms with E-state index in [1.807, 2.05) is 20.8 Å². The van der Waals surface area contributed by atoms with E-state index in [1.54, 1.807) is 0 Å². The maximum Gasteiger partial charge on any atom is 0.403 e. The molecule has 1 aliphatic heterocycles. The first-order chi connectivity index (χ1) is 8.89. The third-order valence-corrected chi connectivity index (χ3v) is 4.71. The summed E-state index contributed by atoms with van der Waals surface area (Å²) in [6.07, 6.45) is -3.66. The van der Waals surface area contributed by atoms with E-state index >= 15 is 0 Å². The van der Waals surface area contributed by atoms with Gasteiger partial charge in [-0.1, -0.05) is 20.8 Å². The molecule has 0 aromatic rings. The van der Waals surface area contributed by atoms with Crippen LogP contribution in [0.5, 0.6) is 0 Å². The number of sulfonamides is 1. The molecular formula is C12H23F3N2O2S. The van der Waals surface area contributed by atoms with Crippen molar-refractivity contribution in [3.05, 3.63) is 0 Å². The van der Waals surface area contributed by atoms with Crippen molar-refractivity contribution in [1.82, 2.24) is 10.0 Å². The van der Waals surface area contributed by atoms with E-state index < -0.39 is 28.3 Å². The van der Waals surface area contributed by atoms with Crippen molar-refractivity contribution in [2.45, 2.75) is 58.3 Å². The Bertz CT molecular complexity index is 407. The zero-order chi connectivity index (χ0) is 15.6. The van der Waals surface area contributed by atoms with E-state index in [2.05, 4.69) is 10.0 Å². The summed E-state index contributed by atoms with van der Waals surface area (Å²) in [5.74, 6) is -0.00427. The smallest absolute Gasteiger partial charge is 0.305 e. The van der Waals surface area contributed by atoms with Gasteiger partial charge in [0.15, 0.2) is 0 Å². The first kappa shape index (κ1) is 17.7. The third kappa shape index (κ3) is 6.41. The highest BCUT2D eigenvalue weighted by Crippen LogP contribution is 2.26. The van der Waals surface area contributed by atoms with Crippen LogP contribution < -0.4 is 10.0 Å². The molecule has 2 atom stereocenters. The van der Waals surface area contributed by atoms with Gasteiger partial charge in [-0.15, -0.1) is 0 Å². The zero-order valence-corrected chi connectivity index (χ0v) is 12.9. The fourth-order valence-electron chi connectivity index (χ4n) is 1.99. The largest absolute Gasteiger partial charge is 0.403 e. The molecule has 8 heteroatoms. The van der Waals surface area contributed by atoms with Gasteiger partial charge >= 0.3 is 6.18 Å². The average molecular weight is 316 g/mol. The van der Waals surface area contributed by atoms with Crippen molar-refractivity contribution in [2.75, 3.05) is 12.3 Å². The molecule has 0 aliphatic carbocycles. The summed E-state index contributed by atoms with van der Waals surface area (Å²) in [5.41, 5.74) is -0.0963. The normalized spacial score (nSPS) is 25.7. The lowest BCUT2D eigenvalue weighted by Gasteiger charge is -2.31. The number of hydrogen-bond acceptors (Lipinski definition) is 3. The maximum absolute atomic E-state index is 12.5. The van der Waals surface area contributed by atoms with Gasteiger partial charge < -0.3 is 5.32 Å². The van der Waals surface area contributed by atoms with Crippen molar-refractivity contribution in [2.24, 2.45) is 5.41 Å². The number of piperidine rings is 1. The Morgan fingerprint density at radius 1 is 1.20 bits per heavy atom. The first-order valence-corrected chi connectivity index (χ1v) is 8.34. The molecule has 0 aromatic carbocycles. The lowest BCUT2D eigenvalue weighted by atomic mass is 9.94. The Hall–Kier alpha value is -0.340. The number of halogens is 3. The number of rotatable bonds is 4. The van der Waals surface area contributed by atoms with Gasteiger partial charge in [-0.25, -0.2) is 13.1 Å². The minimum Gasteiger partial charge on any atom is -0.305 e. The number of nitrogens with one attached hydrogen (secondary N) is 2. The molecule has 0 bridgehead atoms. The quantitative estimate of drug-likeness (QED) is 0.834. The first-order valence-electron chi connectivity index (χ1n) is 6.69. The van der Waals surface area contributed by atoms with Crippen LogP contribution in [-0.4, -0.2) is 39.0 Å². The average Bonchev–Trinajstić information content (AvgIpc) is 2.25. The number of hydrogen-bond donors (Lipinski definition) is 2. The monoisotopic (exact) mass is 316 g/mol. The number of alkyl halides is 3. The summed E-state index contributed by atoms with van der Waals surface area (Å²) in [5, 5.41) is 2.35. The molecule has 1 saturated heterocycles. The fourth-order valence-corrected chi connectivity index (χ4v) is 3.70. The molecule has 0 radical (unpaired) electrons. The third-order valence-electron chi connectivity index (χ3n) is 3.28. The predicted molar refractivity (Wildman–Crippen MR) is 71.9 cm³/mol. The topological polar surface area (TPSA) is 58.2 Å². The molecule has 1 heterocycles. The van der Waals surface area contributed by atoms with E-state index in [0.717, 1.165) is 0 Å². The van der Waals surface area contributed by atoms with Crippen LogP contribution in [0.25, 0.3) is 0 Å². The standard InChI is InChI=1S/C12H23F3N2O2S/c1-11(2,3)6-7-20(18,19)17-9-4-5-10(16-8-9)12(13,14)15/h9-10,16-17H,4-8H2,1-3H3. The molecule has 2 N–H and O–H groups in total. The van der Waals surface area contributed by atoms with Crippen LogP contribution in [0, 0.1) is 5.41 Å². The summed E-state index contributed by atoms with van der Waals surface area (Å²) >= 11 is 0. The van der Waals surface area contributed by atoms with Gasteiger partial charge in [-0.05, 0) is 24.7 Å². The van der Waals surface area contributed by atoms with Gasteiger partial charge in [0.2, 0.25) is 10.0 Å². The van der Waals surface area contributed by atoms with Gasteiger partial charge in [0.05, 0.1) is 5.75 Å². The van der Waals surface area contributed by atoms with Crippen LogP contribution in [0.15, 0.2) is 0 Å². The molecule has 2 unspecified atom stereocenters. The highest BCUT2D eigenvalue weighted by atomic mass is 32.2. The van der Waals surface area contributed by atoms with Crippen molar-refractivity contribution < 1.29 is 21.6 Å². The Morgan fingerprint density at radius 2 is 1.80 bits per heavy atom. The Labute approximate surface area is 118 Å². The van der Waals surface area contributed by atoms with E-state index in [-0.39, 0.29) is 30.6 Å². The van der Waals surface area contributed by atoms with Gasteiger partial charge in [0, 0.05) is 12.6 Å². The lowest BCUT2D eigenvalue weighted by molar-refractivity contribution is -0.160. The molecule has 1 fully saturated rings. The van der Waals surface area contributed by atoms with Gasteiger partial charge in [0.1, 0.15) is 6.04 Å².